The van der Waals surface area contributed by atoms with Crippen LogP contribution in [0.5, 0.6) is 0 Å². The minimum Gasteiger partial charge on any atom is -0.479 e. The Kier molecular flexibility index (Phi) is 5.17. The van der Waals surface area contributed by atoms with Gasteiger partial charge in [0.25, 0.3) is 0 Å². The summed E-state index contributed by atoms with van der Waals surface area (Å²) in [5, 5.41) is 22.4. The lowest BCUT2D eigenvalue weighted by Gasteiger charge is -2.29. The van der Waals surface area contributed by atoms with Crippen molar-refractivity contribution in [1.82, 2.24) is 10.6 Å². The standard InChI is InChI=1S/C10H19N3O4/c11-6-3-1-2-4-7(6)13-10(17)12-5-8(14)9(15)16/h6-8,14H,1-5,11H2,(H,15,16)(H2,12,13,17). The molecule has 6 N–H and O–H groups in total. The summed E-state index contributed by atoms with van der Waals surface area (Å²) >= 11 is 0. The quantitative estimate of drug-likeness (QED) is 0.434. The number of nitrogens with two attached hydrogens (primary N) is 1. The van der Waals surface area contributed by atoms with E-state index in [0.29, 0.717) is 0 Å². The zero-order chi connectivity index (χ0) is 12.8. The fourth-order valence-corrected chi connectivity index (χ4v) is 1.83. The van der Waals surface area contributed by atoms with Gasteiger partial charge in [0.05, 0.1) is 6.54 Å². The van der Waals surface area contributed by atoms with Crippen LogP contribution in [0.25, 0.3) is 0 Å². The molecule has 0 bridgehead atoms. The van der Waals surface area contributed by atoms with E-state index in [2.05, 4.69) is 10.6 Å². The molecule has 2 amide bonds. The highest BCUT2D eigenvalue weighted by atomic mass is 16.4. The number of carbonyl (C=O) groups excluding carboxylic acids is 1. The number of hydrogen-bond donors (Lipinski definition) is 5. The first-order chi connectivity index (χ1) is 8.00. The molecule has 3 atom stereocenters. The summed E-state index contributed by atoms with van der Waals surface area (Å²) < 4.78 is 0. The van der Waals surface area contributed by atoms with Gasteiger partial charge in [0.15, 0.2) is 6.10 Å². The highest BCUT2D eigenvalue weighted by Gasteiger charge is 2.23. The Morgan fingerprint density at radius 1 is 1.35 bits per heavy atom. The van der Waals surface area contributed by atoms with Gasteiger partial charge in [0.2, 0.25) is 0 Å². The normalized spacial score (nSPS) is 26.0. The van der Waals surface area contributed by atoms with Crippen LogP contribution in [0.2, 0.25) is 0 Å². The third-order valence-corrected chi connectivity index (χ3v) is 2.88. The van der Waals surface area contributed by atoms with Gasteiger partial charge in [-0.15, -0.1) is 0 Å². The molecular weight excluding hydrogens is 226 g/mol. The average molecular weight is 245 g/mol. The maximum atomic E-state index is 11.4. The Morgan fingerprint density at radius 2 is 2.00 bits per heavy atom. The molecule has 17 heavy (non-hydrogen) atoms. The molecule has 0 heterocycles. The zero-order valence-corrected chi connectivity index (χ0v) is 9.56. The summed E-state index contributed by atoms with van der Waals surface area (Å²) in [7, 11) is 0. The number of nitrogens with one attached hydrogen (secondary N) is 2. The van der Waals surface area contributed by atoms with E-state index < -0.39 is 18.1 Å². The second-order valence-electron chi connectivity index (χ2n) is 4.26. The molecule has 0 radical (unpaired) electrons. The van der Waals surface area contributed by atoms with Crippen LogP contribution < -0.4 is 16.4 Å². The lowest BCUT2D eigenvalue weighted by molar-refractivity contribution is -0.146. The summed E-state index contributed by atoms with van der Waals surface area (Å²) in [6.45, 7) is -0.316. The van der Waals surface area contributed by atoms with Gasteiger partial charge in [-0.3, -0.25) is 0 Å². The van der Waals surface area contributed by atoms with E-state index in [1.54, 1.807) is 0 Å². The van der Waals surface area contributed by atoms with E-state index in [1.165, 1.54) is 0 Å². The fraction of sp³-hybridized carbons (Fsp3) is 0.800. The number of aliphatic hydroxyl groups excluding tert-OH is 1. The summed E-state index contributed by atoms with van der Waals surface area (Å²) in [5.41, 5.74) is 5.85. The molecular formula is C10H19N3O4. The van der Waals surface area contributed by atoms with Crippen molar-refractivity contribution in [3.05, 3.63) is 0 Å². The molecule has 1 aliphatic carbocycles. The predicted octanol–water partition coefficient (Wildman–Crippen LogP) is -0.999. The summed E-state index contributed by atoms with van der Waals surface area (Å²) in [5.74, 6) is -1.36. The molecule has 1 rings (SSSR count). The van der Waals surface area contributed by atoms with E-state index in [4.69, 9.17) is 15.9 Å². The number of carboxylic acids is 1. The largest absolute Gasteiger partial charge is 0.479 e. The average Bonchev–Trinajstić information content (AvgIpc) is 2.29. The predicted molar refractivity (Wildman–Crippen MR) is 60.4 cm³/mol. The Balaban J connectivity index is 2.26. The molecule has 0 aliphatic heterocycles. The number of hydrogen-bond acceptors (Lipinski definition) is 4. The van der Waals surface area contributed by atoms with Gasteiger partial charge in [-0.05, 0) is 12.8 Å². The fourth-order valence-electron chi connectivity index (χ4n) is 1.83. The summed E-state index contributed by atoms with van der Waals surface area (Å²) in [6, 6.07) is -0.628. The van der Waals surface area contributed by atoms with Crippen LogP contribution >= 0.6 is 0 Å². The van der Waals surface area contributed by atoms with E-state index in [9.17, 15) is 9.59 Å². The molecule has 1 fully saturated rings. The molecule has 1 saturated carbocycles. The van der Waals surface area contributed by atoms with Gasteiger partial charge in [-0.2, -0.15) is 0 Å². The van der Waals surface area contributed by atoms with Crippen molar-refractivity contribution in [1.29, 1.82) is 0 Å². The van der Waals surface area contributed by atoms with Crippen molar-refractivity contribution in [2.24, 2.45) is 5.73 Å². The summed E-state index contributed by atoms with van der Waals surface area (Å²) in [4.78, 5) is 21.7. The lowest BCUT2D eigenvalue weighted by atomic mass is 9.91. The van der Waals surface area contributed by atoms with E-state index in [1.807, 2.05) is 0 Å². The van der Waals surface area contributed by atoms with Crippen LogP contribution in [-0.2, 0) is 4.79 Å². The number of aliphatic hydroxyl groups is 1. The highest BCUT2D eigenvalue weighted by molar-refractivity contribution is 5.76. The second kappa shape index (κ2) is 6.41. The highest BCUT2D eigenvalue weighted by Crippen LogP contribution is 2.16. The monoisotopic (exact) mass is 245 g/mol. The van der Waals surface area contributed by atoms with Crippen LogP contribution in [0.4, 0.5) is 4.79 Å². The van der Waals surface area contributed by atoms with Crippen molar-refractivity contribution >= 4 is 12.0 Å². The molecule has 0 aromatic rings. The first-order valence-corrected chi connectivity index (χ1v) is 5.71. The van der Waals surface area contributed by atoms with Gasteiger partial charge in [-0.1, -0.05) is 12.8 Å². The molecule has 98 valence electrons. The molecule has 3 unspecified atom stereocenters. The van der Waals surface area contributed by atoms with Crippen molar-refractivity contribution < 1.29 is 19.8 Å². The second-order valence-corrected chi connectivity index (χ2v) is 4.26. The van der Waals surface area contributed by atoms with Crippen molar-refractivity contribution in [3.63, 3.8) is 0 Å². The van der Waals surface area contributed by atoms with Crippen molar-refractivity contribution in [2.45, 2.75) is 43.9 Å². The van der Waals surface area contributed by atoms with E-state index in [0.717, 1.165) is 25.7 Å². The zero-order valence-electron chi connectivity index (χ0n) is 9.56. The molecule has 0 aromatic carbocycles. The number of carbonyl (C=O) groups is 2. The lowest BCUT2D eigenvalue weighted by Crippen LogP contribution is -2.53. The van der Waals surface area contributed by atoms with Crippen LogP contribution in [-0.4, -0.2) is 46.9 Å². The summed E-state index contributed by atoms with van der Waals surface area (Å²) in [6.07, 6.45) is 2.22. The Morgan fingerprint density at radius 3 is 2.59 bits per heavy atom. The SMILES string of the molecule is NC1CCCCC1NC(=O)NCC(O)C(=O)O. The van der Waals surface area contributed by atoms with Gasteiger partial charge < -0.3 is 26.6 Å². The van der Waals surface area contributed by atoms with Gasteiger partial charge in [0, 0.05) is 12.1 Å². The molecule has 0 spiro atoms. The Hall–Kier alpha value is -1.34. The third-order valence-electron chi connectivity index (χ3n) is 2.88. The Bertz CT molecular complexity index is 285. The number of amides is 2. The minimum atomic E-state index is -1.58. The van der Waals surface area contributed by atoms with Crippen LogP contribution in [0.15, 0.2) is 0 Å². The number of aliphatic carboxylic acids is 1. The first-order valence-electron chi connectivity index (χ1n) is 5.71. The molecule has 1 aliphatic rings. The van der Waals surface area contributed by atoms with Crippen LogP contribution in [0, 0.1) is 0 Å². The van der Waals surface area contributed by atoms with Gasteiger partial charge in [0.1, 0.15) is 0 Å². The maximum absolute atomic E-state index is 11.4. The van der Waals surface area contributed by atoms with Crippen molar-refractivity contribution in [2.75, 3.05) is 6.54 Å². The third kappa shape index (κ3) is 4.58. The maximum Gasteiger partial charge on any atom is 0.334 e. The van der Waals surface area contributed by atoms with Crippen LogP contribution in [0.1, 0.15) is 25.7 Å². The topological polar surface area (TPSA) is 125 Å². The van der Waals surface area contributed by atoms with Gasteiger partial charge >= 0.3 is 12.0 Å². The molecule has 0 aromatic heterocycles. The minimum absolute atomic E-state index is 0.0566. The number of urea groups is 1. The molecule has 7 heteroatoms. The van der Waals surface area contributed by atoms with Crippen LogP contribution in [0.3, 0.4) is 0 Å². The first kappa shape index (κ1) is 13.7. The van der Waals surface area contributed by atoms with Gasteiger partial charge in [-0.25, -0.2) is 9.59 Å². The van der Waals surface area contributed by atoms with E-state index >= 15 is 0 Å². The molecule has 7 nitrogen and oxygen atoms in total. The number of carboxylic acid groups (broad SMARTS) is 1. The molecule has 0 saturated heterocycles. The number of rotatable bonds is 4. The Labute approximate surface area is 99.4 Å². The smallest absolute Gasteiger partial charge is 0.334 e. The van der Waals surface area contributed by atoms with E-state index in [-0.39, 0.29) is 18.6 Å². The van der Waals surface area contributed by atoms with Crippen molar-refractivity contribution in [3.8, 4) is 0 Å².